The van der Waals surface area contributed by atoms with Gasteiger partial charge in [0.1, 0.15) is 5.69 Å². The summed E-state index contributed by atoms with van der Waals surface area (Å²) in [6.45, 7) is 1.32. The van der Waals surface area contributed by atoms with Gasteiger partial charge in [0.25, 0.3) is 5.56 Å². The lowest BCUT2D eigenvalue weighted by molar-refractivity contribution is 0.181. The van der Waals surface area contributed by atoms with Crippen LogP contribution in [0.5, 0.6) is 0 Å². The zero-order chi connectivity index (χ0) is 18.8. The molecule has 1 atom stereocenters. The standard InChI is InChI=1S/C20H19FN4O2/c21-17-18(15-7-9-22-10-8-15)23-20-24(11-4-12-25(20)19(17)27)13-16(26)14-5-2-1-3-6-14/h1-3,5-10,16,26H,4,11-13H2. The van der Waals surface area contributed by atoms with Gasteiger partial charge >= 0.3 is 0 Å². The summed E-state index contributed by atoms with van der Waals surface area (Å²) in [6, 6.07) is 12.5. The number of aromatic nitrogens is 3. The average molecular weight is 366 g/mol. The third-order valence-electron chi connectivity index (χ3n) is 4.72. The topological polar surface area (TPSA) is 71.2 Å². The van der Waals surface area contributed by atoms with Crippen LogP contribution in [0.1, 0.15) is 18.1 Å². The van der Waals surface area contributed by atoms with Gasteiger partial charge in [0, 0.05) is 31.0 Å². The molecule has 138 valence electrons. The fourth-order valence-electron chi connectivity index (χ4n) is 3.35. The number of anilines is 1. The summed E-state index contributed by atoms with van der Waals surface area (Å²) >= 11 is 0. The molecular weight excluding hydrogens is 347 g/mol. The summed E-state index contributed by atoms with van der Waals surface area (Å²) < 4.78 is 16.0. The van der Waals surface area contributed by atoms with E-state index in [4.69, 9.17) is 0 Å². The Morgan fingerprint density at radius 3 is 2.59 bits per heavy atom. The van der Waals surface area contributed by atoms with Gasteiger partial charge in [-0.3, -0.25) is 14.3 Å². The predicted molar refractivity (Wildman–Crippen MR) is 99.9 cm³/mol. The monoisotopic (exact) mass is 366 g/mol. The van der Waals surface area contributed by atoms with Crippen LogP contribution in [0.25, 0.3) is 11.3 Å². The zero-order valence-corrected chi connectivity index (χ0v) is 14.6. The van der Waals surface area contributed by atoms with Gasteiger partial charge in [-0.2, -0.15) is 4.39 Å². The maximum Gasteiger partial charge on any atom is 0.291 e. The first-order valence-corrected chi connectivity index (χ1v) is 8.84. The molecule has 0 aliphatic carbocycles. The number of aliphatic hydroxyl groups is 1. The summed E-state index contributed by atoms with van der Waals surface area (Å²) in [7, 11) is 0. The smallest absolute Gasteiger partial charge is 0.291 e. The van der Waals surface area contributed by atoms with Gasteiger partial charge in [-0.15, -0.1) is 0 Å². The average Bonchev–Trinajstić information content (AvgIpc) is 2.72. The van der Waals surface area contributed by atoms with Crippen molar-refractivity contribution >= 4 is 5.95 Å². The molecule has 1 aliphatic rings. The second kappa shape index (κ2) is 7.28. The molecule has 7 heteroatoms. The van der Waals surface area contributed by atoms with E-state index in [0.29, 0.717) is 31.0 Å². The largest absolute Gasteiger partial charge is 0.387 e. The minimum Gasteiger partial charge on any atom is -0.387 e. The molecule has 1 aromatic carbocycles. The summed E-state index contributed by atoms with van der Waals surface area (Å²) in [5.41, 5.74) is 0.603. The Labute approximate surface area is 155 Å². The van der Waals surface area contributed by atoms with Crippen molar-refractivity contribution in [1.82, 2.24) is 14.5 Å². The van der Waals surface area contributed by atoms with Gasteiger partial charge < -0.3 is 10.0 Å². The zero-order valence-electron chi connectivity index (χ0n) is 14.6. The molecule has 1 aliphatic heterocycles. The number of β-amino-alcohol motifs (C(OH)–C–C–N with tert-alkyl or cyclic N) is 1. The number of halogens is 1. The maximum atomic E-state index is 14.6. The van der Waals surface area contributed by atoms with Crippen LogP contribution in [0.2, 0.25) is 0 Å². The van der Waals surface area contributed by atoms with Crippen LogP contribution in [0.4, 0.5) is 10.3 Å². The van der Waals surface area contributed by atoms with Crippen molar-refractivity contribution in [2.45, 2.75) is 19.1 Å². The number of hydrogen-bond donors (Lipinski definition) is 1. The lowest BCUT2D eigenvalue weighted by atomic mass is 10.1. The van der Waals surface area contributed by atoms with Crippen LogP contribution in [-0.4, -0.2) is 32.7 Å². The first-order valence-electron chi connectivity index (χ1n) is 8.84. The van der Waals surface area contributed by atoms with Gasteiger partial charge in [0.05, 0.1) is 12.6 Å². The van der Waals surface area contributed by atoms with Gasteiger partial charge in [-0.1, -0.05) is 30.3 Å². The van der Waals surface area contributed by atoms with Crippen molar-refractivity contribution in [3.05, 3.63) is 76.6 Å². The molecule has 6 nitrogen and oxygen atoms in total. The lowest BCUT2D eigenvalue weighted by Crippen LogP contribution is -2.41. The highest BCUT2D eigenvalue weighted by Crippen LogP contribution is 2.25. The fourth-order valence-corrected chi connectivity index (χ4v) is 3.35. The molecule has 0 amide bonds. The molecule has 2 aromatic heterocycles. The van der Waals surface area contributed by atoms with Crippen molar-refractivity contribution < 1.29 is 9.50 Å². The SMILES string of the molecule is O=c1c(F)c(-c2ccncc2)nc2n1CCCN2CC(O)c1ccccc1. The molecule has 0 saturated heterocycles. The number of fused-ring (bicyclic) bond motifs is 1. The Morgan fingerprint density at radius 1 is 1.11 bits per heavy atom. The highest BCUT2D eigenvalue weighted by Gasteiger charge is 2.26. The highest BCUT2D eigenvalue weighted by atomic mass is 19.1. The Bertz CT molecular complexity index is 992. The van der Waals surface area contributed by atoms with Crippen LogP contribution in [0.15, 0.2) is 59.7 Å². The van der Waals surface area contributed by atoms with E-state index in [1.165, 1.54) is 17.0 Å². The number of nitrogens with zero attached hydrogens (tertiary/aromatic N) is 4. The van der Waals surface area contributed by atoms with Gasteiger partial charge in [-0.25, -0.2) is 4.98 Å². The maximum absolute atomic E-state index is 14.6. The Hall–Kier alpha value is -3.06. The fraction of sp³-hybridized carbons (Fsp3) is 0.250. The molecule has 1 N–H and O–H groups in total. The first kappa shape index (κ1) is 17.4. The van der Waals surface area contributed by atoms with Crippen molar-refractivity contribution in [1.29, 1.82) is 0 Å². The van der Waals surface area contributed by atoms with Crippen molar-refractivity contribution in [2.75, 3.05) is 18.0 Å². The van der Waals surface area contributed by atoms with Crippen molar-refractivity contribution in [3.63, 3.8) is 0 Å². The van der Waals surface area contributed by atoms with Gasteiger partial charge in [0.2, 0.25) is 11.8 Å². The Morgan fingerprint density at radius 2 is 1.85 bits per heavy atom. The van der Waals surface area contributed by atoms with E-state index in [1.807, 2.05) is 35.2 Å². The van der Waals surface area contributed by atoms with E-state index in [-0.39, 0.29) is 12.2 Å². The molecule has 0 radical (unpaired) electrons. The molecule has 0 spiro atoms. The van der Waals surface area contributed by atoms with E-state index in [2.05, 4.69) is 9.97 Å². The second-order valence-corrected chi connectivity index (χ2v) is 6.49. The van der Waals surface area contributed by atoms with Crippen molar-refractivity contribution in [2.24, 2.45) is 0 Å². The quantitative estimate of drug-likeness (QED) is 0.768. The minimum absolute atomic E-state index is 0.00903. The molecule has 1 unspecified atom stereocenters. The summed E-state index contributed by atoms with van der Waals surface area (Å²) in [4.78, 5) is 22.8. The van der Waals surface area contributed by atoms with E-state index in [1.54, 1.807) is 12.1 Å². The normalized spacial score (nSPS) is 14.7. The second-order valence-electron chi connectivity index (χ2n) is 6.49. The molecule has 0 bridgehead atoms. The molecule has 0 fully saturated rings. The molecule has 4 rings (SSSR count). The summed E-state index contributed by atoms with van der Waals surface area (Å²) in [5.74, 6) is -0.482. The van der Waals surface area contributed by atoms with Crippen LogP contribution in [0.3, 0.4) is 0 Å². The number of benzene rings is 1. The Balaban J connectivity index is 1.73. The van der Waals surface area contributed by atoms with Crippen LogP contribution in [0, 0.1) is 5.82 Å². The first-order chi connectivity index (χ1) is 13.1. The summed E-state index contributed by atoms with van der Waals surface area (Å²) in [6.07, 6.45) is 3.02. The number of rotatable bonds is 4. The molecule has 3 heterocycles. The molecule has 3 aromatic rings. The van der Waals surface area contributed by atoms with Gasteiger partial charge in [-0.05, 0) is 24.1 Å². The minimum atomic E-state index is -0.865. The predicted octanol–water partition coefficient (Wildman–Crippen LogP) is 2.39. The van der Waals surface area contributed by atoms with Crippen LogP contribution >= 0.6 is 0 Å². The number of aliphatic hydroxyl groups excluding tert-OH is 1. The van der Waals surface area contributed by atoms with Crippen LogP contribution < -0.4 is 10.5 Å². The van der Waals surface area contributed by atoms with Gasteiger partial charge in [0.15, 0.2) is 0 Å². The lowest BCUT2D eigenvalue weighted by Gasteiger charge is -2.32. The summed E-state index contributed by atoms with van der Waals surface area (Å²) in [5, 5.41) is 10.6. The number of pyridine rings is 1. The van der Waals surface area contributed by atoms with E-state index >= 15 is 0 Å². The molecule has 27 heavy (non-hydrogen) atoms. The highest BCUT2D eigenvalue weighted by molar-refractivity contribution is 5.60. The molecule has 0 saturated carbocycles. The van der Waals surface area contributed by atoms with Crippen molar-refractivity contribution in [3.8, 4) is 11.3 Å². The van der Waals surface area contributed by atoms with E-state index in [9.17, 15) is 14.3 Å². The van der Waals surface area contributed by atoms with Crippen LogP contribution in [-0.2, 0) is 6.54 Å². The van der Waals surface area contributed by atoms with E-state index in [0.717, 1.165) is 5.56 Å². The third kappa shape index (κ3) is 3.33. The molecular formula is C20H19FN4O2. The number of hydrogen-bond acceptors (Lipinski definition) is 5. The Kier molecular flexibility index (Phi) is 4.68. The third-order valence-corrected chi connectivity index (χ3v) is 4.72. The van der Waals surface area contributed by atoms with E-state index < -0.39 is 17.5 Å².